The number of carbonyl (C=O) groups excluding carboxylic acids is 1. The van der Waals surface area contributed by atoms with Crippen LogP contribution in [0.5, 0.6) is 0 Å². The van der Waals surface area contributed by atoms with E-state index in [1.54, 1.807) is 12.4 Å². The number of ketones is 1. The maximum absolute atomic E-state index is 12.6. The second kappa shape index (κ2) is 4.50. The van der Waals surface area contributed by atoms with Gasteiger partial charge in [0.05, 0.1) is 5.54 Å². The smallest absolute Gasteiger partial charge is 0.184 e. The molecule has 2 rings (SSSR count). The molecule has 1 heterocycles. The first kappa shape index (κ1) is 12.7. The minimum Gasteiger partial charge on any atom is -0.297 e. The van der Waals surface area contributed by atoms with Crippen LogP contribution < -0.4 is 0 Å². The van der Waals surface area contributed by atoms with Gasteiger partial charge in [-0.2, -0.15) is 0 Å². The number of aromatic nitrogens is 1. The van der Waals surface area contributed by atoms with Crippen molar-refractivity contribution in [3.63, 3.8) is 0 Å². The average Bonchev–Trinajstić information content (AvgIpc) is 2.37. The summed E-state index contributed by atoms with van der Waals surface area (Å²) in [5, 5.41) is 1.96. The van der Waals surface area contributed by atoms with E-state index in [0.29, 0.717) is 5.56 Å². The lowest BCUT2D eigenvalue weighted by Gasteiger charge is -2.31. The Morgan fingerprint density at radius 2 is 1.83 bits per heavy atom. The molecule has 0 saturated carbocycles. The molecule has 2 aromatic rings. The van der Waals surface area contributed by atoms with E-state index in [0.717, 1.165) is 10.8 Å². The van der Waals surface area contributed by atoms with Crippen LogP contribution in [0.3, 0.4) is 0 Å². The normalized spacial score (nSPS) is 12.1. The van der Waals surface area contributed by atoms with Crippen molar-refractivity contribution in [3.8, 4) is 0 Å². The first-order valence-electron chi connectivity index (χ1n) is 5.99. The summed E-state index contributed by atoms with van der Waals surface area (Å²) in [6.07, 6.45) is 3.45. The molecule has 94 valence electrons. The molecule has 0 fully saturated rings. The average molecular weight is 242 g/mol. The van der Waals surface area contributed by atoms with Gasteiger partial charge in [-0.15, -0.1) is 0 Å². The lowest BCUT2D eigenvalue weighted by atomic mass is 9.90. The molecule has 3 heteroatoms. The first-order chi connectivity index (χ1) is 8.44. The van der Waals surface area contributed by atoms with Gasteiger partial charge in [-0.25, -0.2) is 0 Å². The van der Waals surface area contributed by atoms with Gasteiger partial charge in [0.25, 0.3) is 0 Å². The molecule has 0 bridgehead atoms. The quantitative estimate of drug-likeness (QED) is 0.776. The molecule has 0 aliphatic heterocycles. The molecule has 0 N–H and O–H groups in total. The van der Waals surface area contributed by atoms with Crippen LogP contribution in [0.15, 0.2) is 36.7 Å². The molecule has 0 aliphatic carbocycles. The molecule has 1 aromatic carbocycles. The summed E-state index contributed by atoms with van der Waals surface area (Å²) < 4.78 is 0. The van der Waals surface area contributed by atoms with Crippen LogP contribution in [0.2, 0.25) is 0 Å². The third-order valence-corrected chi connectivity index (χ3v) is 3.59. The minimum atomic E-state index is -0.536. The van der Waals surface area contributed by atoms with E-state index in [4.69, 9.17) is 0 Å². The number of benzene rings is 1. The molecule has 0 unspecified atom stereocenters. The van der Waals surface area contributed by atoms with Crippen molar-refractivity contribution in [3.05, 3.63) is 42.2 Å². The van der Waals surface area contributed by atoms with E-state index >= 15 is 0 Å². The predicted octanol–water partition coefficient (Wildman–Crippen LogP) is 2.76. The maximum Gasteiger partial charge on any atom is 0.184 e. The van der Waals surface area contributed by atoms with Crippen molar-refractivity contribution < 1.29 is 4.79 Å². The van der Waals surface area contributed by atoms with Crippen molar-refractivity contribution >= 4 is 16.6 Å². The summed E-state index contributed by atoms with van der Waals surface area (Å²) in [6.45, 7) is 3.86. The summed E-state index contributed by atoms with van der Waals surface area (Å²) in [4.78, 5) is 18.7. The zero-order valence-corrected chi connectivity index (χ0v) is 11.3. The van der Waals surface area contributed by atoms with Crippen molar-refractivity contribution in [1.82, 2.24) is 9.88 Å². The first-order valence-corrected chi connectivity index (χ1v) is 5.99. The van der Waals surface area contributed by atoms with Crippen LogP contribution in [0, 0.1) is 0 Å². The zero-order valence-electron chi connectivity index (χ0n) is 11.3. The molecular formula is C15H18N2O. The Balaban J connectivity index is 2.59. The Labute approximate surface area is 107 Å². The van der Waals surface area contributed by atoms with E-state index in [1.807, 2.05) is 57.1 Å². The topological polar surface area (TPSA) is 33.2 Å². The monoisotopic (exact) mass is 242 g/mol. The van der Waals surface area contributed by atoms with E-state index in [-0.39, 0.29) is 5.78 Å². The fraction of sp³-hybridized carbons (Fsp3) is 0.333. The van der Waals surface area contributed by atoms with E-state index in [9.17, 15) is 4.79 Å². The van der Waals surface area contributed by atoms with Crippen molar-refractivity contribution in [1.29, 1.82) is 0 Å². The molecule has 18 heavy (non-hydrogen) atoms. The van der Waals surface area contributed by atoms with E-state index in [2.05, 4.69) is 4.98 Å². The predicted molar refractivity (Wildman–Crippen MR) is 73.8 cm³/mol. The van der Waals surface area contributed by atoms with Gasteiger partial charge in [-0.1, -0.05) is 24.3 Å². The van der Waals surface area contributed by atoms with Crippen LogP contribution in [0.25, 0.3) is 10.8 Å². The number of carbonyl (C=O) groups is 1. The highest BCUT2D eigenvalue weighted by Gasteiger charge is 2.31. The third-order valence-electron chi connectivity index (χ3n) is 3.59. The summed E-state index contributed by atoms with van der Waals surface area (Å²) in [5.74, 6) is 0.0943. The SMILES string of the molecule is CN(C)C(C)(C)C(=O)c1cncc2ccccc12. The van der Waals surface area contributed by atoms with Gasteiger partial charge in [-0.3, -0.25) is 14.7 Å². The van der Waals surface area contributed by atoms with Gasteiger partial charge in [0.2, 0.25) is 0 Å². The fourth-order valence-corrected chi connectivity index (χ4v) is 1.83. The number of fused-ring (bicyclic) bond motifs is 1. The van der Waals surface area contributed by atoms with Crippen LogP contribution >= 0.6 is 0 Å². The maximum atomic E-state index is 12.6. The molecule has 0 aliphatic rings. The van der Waals surface area contributed by atoms with Gasteiger partial charge in [0, 0.05) is 23.3 Å². The number of Topliss-reactive ketones (excluding diaryl/α,β-unsaturated/α-hetero) is 1. The summed E-state index contributed by atoms with van der Waals surface area (Å²) >= 11 is 0. The molecule has 0 amide bonds. The second-order valence-electron chi connectivity index (χ2n) is 5.19. The summed E-state index contributed by atoms with van der Waals surface area (Å²) in [7, 11) is 3.83. The second-order valence-corrected chi connectivity index (χ2v) is 5.19. The van der Waals surface area contributed by atoms with Gasteiger partial charge < -0.3 is 0 Å². The Morgan fingerprint density at radius 3 is 2.50 bits per heavy atom. The molecule has 0 radical (unpaired) electrons. The standard InChI is InChI=1S/C15H18N2O/c1-15(2,17(3)4)14(18)13-10-16-9-11-7-5-6-8-12(11)13/h5-10H,1-4H3. The Morgan fingerprint density at radius 1 is 1.17 bits per heavy atom. The lowest BCUT2D eigenvalue weighted by Crippen LogP contribution is -2.45. The Bertz CT molecular complexity index is 583. The molecule has 0 saturated heterocycles. The van der Waals surface area contributed by atoms with Crippen LogP contribution in [-0.2, 0) is 0 Å². The van der Waals surface area contributed by atoms with Gasteiger partial charge >= 0.3 is 0 Å². The highest BCUT2D eigenvalue weighted by molar-refractivity contribution is 6.11. The number of hydrogen-bond acceptors (Lipinski definition) is 3. The highest BCUT2D eigenvalue weighted by atomic mass is 16.1. The van der Waals surface area contributed by atoms with E-state index < -0.39 is 5.54 Å². The molecule has 1 aromatic heterocycles. The van der Waals surface area contributed by atoms with Crippen LogP contribution in [0.4, 0.5) is 0 Å². The summed E-state index contributed by atoms with van der Waals surface area (Å²) in [5.41, 5.74) is 0.151. The minimum absolute atomic E-state index is 0.0943. The zero-order chi connectivity index (χ0) is 13.3. The van der Waals surface area contributed by atoms with Crippen molar-refractivity contribution in [2.45, 2.75) is 19.4 Å². The van der Waals surface area contributed by atoms with Gasteiger partial charge in [0.15, 0.2) is 5.78 Å². The lowest BCUT2D eigenvalue weighted by molar-refractivity contribution is 0.0757. The highest BCUT2D eigenvalue weighted by Crippen LogP contribution is 2.23. The van der Waals surface area contributed by atoms with Gasteiger partial charge in [-0.05, 0) is 33.3 Å². The summed E-state index contributed by atoms with van der Waals surface area (Å²) in [6, 6.07) is 7.84. The van der Waals surface area contributed by atoms with Gasteiger partial charge in [0.1, 0.15) is 0 Å². The Kier molecular flexibility index (Phi) is 3.18. The number of likely N-dealkylation sites (N-methyl/N-ethyl adjacent to an activating group) is 1. The van der Waals surface area contributed by atoms with Crippen molar-refractivity contribution in [2.75, 3.05) is 14.1 Å². The van der Waals surface area contributed by atoms with Crippen LogP contribution in [0.1, 0.15) is 24.2 Å². The van der Waals surface area contributed by atoms with E-state index in [1.165, 1.54) is 0 Å². The molecule has 3 nitrogen and oxygen atoms in total. The Hall–Kier alpha value is -1.74. The molecular weight excluding hydrogens is 224 g/mol. The number of nitrogens with zero attached hydrogens (tertiary/aromatic N) is 2. The number of rotatable bonds is 3. The largest absolute Gasteiger partial charge is 0.297 e. The molecule has 0 spiro atoms. The fourth-order valence-electron chi connectivity index (χ4n) is 1.83. The molecule has 0 atom stereocenters. The van der Waals surface area contributed by atoms with Crippen molar-refractivity contribution in [2.24, 2.45) is 0 Å². The third kappa shape index (κ3) is 2.02. The number of hydrogen-bond donors (Lipinski definition) is 0. The number of pyridine rings is 1. The van der Waals surface area contributed by atoms with Crippen LogP contribution in [-0.4, -0.2) is 35.3 Å².